The van der Waals surface area contributed by atoms with Crippen LogP contribution in [0.15, 0.2) is 42.5 Å². The molecule has 11 heteroatoms. The van der Waals surface area contributed by atoms with E-state index < -0.39 is 16.1 Å². The van der Waals surface area contributed by atoms with Crippen LogP contribution in [0, 0.1) is 0 Å². The van der Waals surface area contributed by atoms with Crippen LogP contribution in [0.1, 0.15) is 39.2 Å². The Morgan fingerprint density at radius 1 is 1.06 bits per heavy atom. The zero-order chi connectivity index (χ0) is 27.0. The van der Waals surface area contributed by atoms with Gasteiger partial charge >= 0.3 is 0 Å². The van der Waals surface area contributed by atoms with Crippen molar-refractivity contribution in [1.29, 1.82) is 0 Å². The number of amides is 2. The monoisotopic (exact) mass is 557 g/mol. The van der Waals surface area contributed by atoms with Crippen molar-refractivity contribution in [3.63, 3.8) is 0 Å². The van der Waals surface area contributed by atoms with Crippen molar-refractivity contribution in [3.8, 4) is 5.75 Å². The summed E-state index contributed by atoms with van der Waals surface area (Å²) < 4.78 is 31.6. The molecule has 0 aliphatic carbocycles. The number of nitrogens with zero attached hydrogens (tertiary/aromatic N) is 2. The number of hydrogen-bond donors (Lipinski definition) is 1. The van der Waals surface area contributed by atoms with Crippen molar-refractivity contribution >= 4 is 50.7 Å². The topological polar surface area (TPSA) is 96.0 Å². The Morgan fingerprint density at radius 2 is 1.72 bits per heavy atom. The molecule has 8 nitrogen and oxygen atoms in total. The van der Waals surface area contributed by atoms with Gasteiger partial charge in [0.15, 0.2) is 0 Å². The Kier molecular flexibility index (Phi) is 10.9. The number of benzene rings is 2. The van der Waals surface area contributed by atoms with Gasteiger partial charge in [-0.05, 0) is 57.0 Å². The first-order chi connectivity index (χ1) is 16.8. The molecule has 0 bridgehead atoms. The van der Waals surface area contributed by atoms with E-state index in [0.29, 0.717) is 27.0 Å². The zero-order valence-corrected chi connectivity index (χ0v) is 23.5. The average Bonchev–Trinajstić information content (AvgIpc) is 2.80. The predicted molar refractivity (Wildman–Crippen MR) is 144 cm³/mol. The van der Waals surface area contributed by atoms with Crippen molar-refractivity contribution in [3.05, 3.63) is 58.1 Å². The van der Waals surface area contributed by atoms with Gasteiger partial charge in [0.05, 0.1) is 29.1 Å². The van der Waals surface area contributed by atoms with Crippen LogP contribution < -0.4 is 14.4 Å². The molecule has 2 aromatic rings. The molecule has 0 aromatic heterocycles. The highest BCUT2D eigenvalue weighted by atomic mass is 35.5. The van der Waals surface area contributed by atoms with Crippen molar-refractivity contribution in [2.24, 2.45) is 0 Å². The van der Waals surface area contributed by atoms with E-state index in [2.05, 4.69) is 5.32 Å². The van der Waals surface area contributed by atoms with E-state index in [4.69, 9.17) is 27.9 Å². The summed E-state index contributed by atoms with van der Waals surface area (Å²) in [6.07, 6.45) is 1.37. The maximum atomic E-state index is 13.3. The van der Waals surface area contributed by atoms with Crippen LogP contribution in [0.2, 0.25) is 10.0 Å². The molecule has 0 saturated carbocycles. The lowest BCUT2D eigenvalue weighted by Crippen LogP contribution is -2.49. The van der Waals surface area contributed by atoms with E-state index in [0.717, 1.165) is 6.26 Å². The highest BCUT2D eigenvalue weighted by Crippen LogP contribution is 2.30. The van der Waals surface area contributed by atoms with Crippen molar-refractivity contribution in [2.75, 3.05) is 24.2 Å². The van der Waals surface area contributed by atoms with Crippen LogP contribution in [-0.2, 0) is 26.2 Å². The SMILES string of the molecule is COc1ccccc1N(CCCC(=O)N(Cc1ccc(Cl)c(Cl)c1)C(C)C(=O)NC(C)C)S(C)(=O)=O. The fourth-order valence-corrected chi connectivity index (χ4v) is 4.93. The number of methoxy groups -OCH3 is 1. The van der Waals surface area contributed by atoms with Crippen LogP contribution in [0.25, 0.3) is 0 Å². The lowest BCUT2D eigenvalue weighted by atomic mass is 10.1. The molecule has 0 aliphatic heterocycles. The number of sulfonamides is 1. The molecule has 1 N–H and O–H groups in total. The molecule has 0 spiro atoms. The summed E-state index contributed by atoms with van der Waals surface area (Å²) in [4.78, 5) is 27.5. The number of anilines is 1. The molecule has 1 atom stereocenters. The number of carbonyl (C=O) groups excluding carboxylic acids is 2. The number of carbonyl (C=O) groups is 2. The van der Waals surface area contributed by atoms with Gasteiger partial charge in [0, 0.05) is 25.6 Å². The second-order valence-electron chi connectivity index (χ2n) is 8.72. The van der Waals surface area contributed by atoms with E-state index in [9.17, 15) is 18.0 Å². The summed E-state index contributed by atoms with van der Waals surface area (Å²) in [5.41, 5.74) is 1.11. The molecule has 0 heterocycles. The number of halogens is 2. The number of nitrogens with one attached hydrogen (secondary N) is 1. The van der Waals surface area contributed by atoms with Crippen LogP contribution in [0.4, 0.5) is 5.69 Å². The normalized spacial score (nSPS) is 12.2. The standard InChI is InChI=1S/C25H33Cl2N3O5S/c1-17(2)28-25(32)18(3)29(16-19-12-13-20(26)21(27)15-19)24(31)11-8-14-30(36(5,33)34)22-9-6-7-10-23(22)35-4/h6-7,9-10,12-13,15,17-18H,8,11,14,16H2,1-5H3,(H,28,32). The Hall–Kier alpha value is -2.49. The first kappa shape index (κ1) is 29.7. The van der Waals surface area contributed by atoms with Gasteiger partial charge < -0.3 is 15.0 Å². The molecule has 2 rings (SSSR count). The van der Waals surface area contributed by atoms with Gasteiger partial charge in [-0.2, -0.15) is 0 Å². The first-order valence-corrected chi connectivity index (χ1v) is 14.1. The van der Waals surface area contributed by atoms with Gasteiger partial charge in [0.2, 0.25) is 21.8 Å². The van der Waals surface area contributed by atoms with E-state index in [1.54, 1.807) is 49.4 Å². The Bertz CT molecular complexity index is 1170. The minimum atomic E-state index is -3.63. The fraction of sp³-hybridized carbons (Fsp3) is 0.440. The lowest BCUT2D eigenvalue weighted by molar-refractivity contribution is -0.140. The van der Waals surface area contributed by atoms with Gasteiger partial charge in [-0.3, -0.25) is 13.9 Å². The Balaban J connectivity index is 2.22. The van der Waals surface area contributed by atoms with Crippen LogP contribution in [-0.4, -0.2) is 57.1 Å². The zero-order valence-electron chi connectivity index (χ0n) is 21.1. The summed E-state index contributed by atoms with van der Waals surface area (Å²) in [5, 5.41) is 3.57. The fourth-order valence-electron chi connectivity index (χ4n) is 3.64. The maximum Gasteiger partial charge on any atom is 0.242 e. The van der Waals surface area contributed by atoms with Crippen LogP contribution in [0.5, 0.6) is 5.75 Å². The second kappa shape index (κ2) is 13.2. The summed E-state index contributed by atoms with van der Waals surface area (Å²) in [7, 11) is -2.17. The highest BCUT2D eigenvalue weighted by Gasteiger charge is 2.27. The minimum Gasteiger partial charge on any atom is -0.495 e. The summed E-state index contributed by atoms with van der Waals surface area (Å²) in [6, 6.07) is 11.0. The molecule has 0 saturated heterocycles. The third kappa shape index (κ3) is 8.28. The number of rotatable bonds is 12. The summed E-state index contributed by atoms with van der Waals surface area (Å²) >= 11 is 12.2. The largest absolute Gasteiger partial charge is 0.495 e. The lowest BCUT2D eigenvalue weighted by Gasteiger charge is -2.30. The summed E-state index contributed by atoms with van der Waals surface area (Å²) in [6.45, 7) is 5.55. The van der Waals surface area contributed by atoms with Crippen molar-refractivity contribution in [2.45, 2.75) is 52.2 Å². The molecule has 0 radical (unpaired) electrons. The molecule has 0 fully saturated rings. The predicted octanol–water partition coefficient (Wildman–Crippen LogP) is 4.49. The Labute approximate surface area is 223 Å². The summed E-state index contributed by atoms with van der Waals surface area (Å²) in [5.74, 6) is -0.166. The van der Waals surface area contributed by atoms with Crippen LogP contribution in [0.3, 0.4) is 0 Å². The minimum absolute atomic E-state index is 0.0296. The molecule has 36 heavy (non-hydrogen) atoms. The van der Waals surface area contributed by atoms with E-state index >= 15 is 0 Å². The second-order valence-corrected chi connectivity index (χ2v) is 11.4. The molecule has 2 aromatic carbocycles. The van der Waals surface area contributed by atoms with Crippen molar-refractivity contribution < 1.29 is 22.7 Å². The number of ether oxygens (including phenoxy) is 1. The number of para-hydroxylation sites is 2. The molecule has 0 aliphatic rings. The molecule has 1 unspecified atom stereocenters. The smallest absolute Gasteiger partial charge is 0.242 e. The average molecular weight is 559 g/mol. The quantitative estimate of drug-likeness (QED) is 0.414. The van der Waals surface area contributed by atoms with Gasteiger partial charge in [-0.1, -0.05) is 41.4 Å². The molecular formula is C25H33Cl2N3O5S. The molecular weight excluding hydrogens is 525 g/mol. The third-order valence-electron chi connectivity index (χ3n) is 5.44. The Morgan fingerprint density at radius 3 is 2.31 bits per heavy atom. The number of hydrogen-bond acceptors (Lipinski definition) is 5. The first-order valence-electron chi connectivity index (χ1n) is 11.5. The van der Waals surface area contributed by atoms with Gasteiger partial charge in [-0.25, -0.2) is 8.42 Å². The van der Waals surface area contributed by atoms with E-state index in [1.807, 2.05) is 13.8 Å². The van der Waals surface area contributed by atoms with Gasteiger partial charge in [0.1, 0.15) is 11.8 Å². The van der Waals surface area contributed by atoms with E-state index in [-0.39, 0.29) is 43.8 Å². The maximum absolute atomic E-state index is 13.3. The third-order valence-corrected chi connectivity index (χ3v) is 7.36. The molecule has 2 amide bonds. The van der Waals surface area contributed by atoms with Crippen molar-refractivity contribution in [1.82, 2.24) is 10.2 Å². The molecule has 198 valence electrons. The highest BCUT2D eigenvalue weighted by molar-refractivity contribution is 7.92. The van der Waals surface area contributed by atoms with E-state index in [1.165, 1.54) is 16.3 Å². The van der Waals surface area contributed by atoms with Crippen LogP contribution >= 0.6 is 23.2 Å². The van der Waals surface area contributed by atoms with Gasteiger partial charge in [0.25, 0.3) is 0 Å². The van der Waals surface area contributed by atoms with Gasteiger partial charge in [-0.15, -0.1) is 0 Å².